The van der Waals surface area contributed by atoms with E-state index in [1.165, 1.54) is 16.2 Å². The first-order valence-corrected chi connectivity index (χ1v) is 6.32. The number of hydrogen-bond donors (Lipinski definition) is 1. The molecule has 0 heterocycles. The molecule has 0 atom stereocenters. The van der Waals surface area contributed by atoms with Gasteiger partial charge in [0, 0.05) is 0 Å². The zero-order valence-corrected chi connectivity index (χ0v) is 9.13. The second-order valence-electron chi connectivity index (χ2n) is 2.62. The molecule has 0 amide bonds. The van der Waals surface area contributed by atoms with Crippen molar-refractivity contribution in [1.82, 2.24) is 5.32 Å². The fraction of sp³-hybridized carbons (Fsp3) is 0.400. The summed E-state index contributed by atoms with van der Waals surface area (Å²) >= 11 is 0.679. The van der Waals surface area contributed by atoms with Crippen LogP contribution in [-0.2, 0) is 0 Å². The predicted molar refractivity (Wildman–Crippen MR) is 55.2 cm³/mol. The molecule has 12 heavy (non-hydrogen) atoms. The Labute approximate surface area is 80.7 Å². The first-order valence-electron chi connectivity index (χ1n) is 4.26. The molecule has 1 aromatic rings. The molecule has 1 nitrogen and oxygen atoms in total. The van der Waals surface area contributed by atoms with Gasteiger partial charge in [-0.05, 0) is 0 Å². The summed E-state index contributed by atoms with van der Waals surface area (Å²) in [6, 6.07) is 10.8. The van der Waals surface area contributed by atoms with Crippen molar-refractivity contribution in [2.45, 2.75) is 11.7 Å². The van der Waals surface area contributed by atoms with E-state index in [-0.39, 0.29) is 0 Å². The first-order chi connectivity index (χ1) is 5.93. The quantitative estimate of drug-likeness (QED) is 0.586. The Morgan fingerprint density at radius 1 is 1.25 bits per heavy atom. The molecule has 1 rings (SSSR count). The Morgan fingerprint density at radius 3 is 2.67 bits per heavy atom. The van der Waals surface area contributed by atoms with Crippen LogP contribution in [0.5, 0.6) is 0 Å². The van der Waals surface area contributed by atoms with E-state index in [0.717, 1.165) is 6.54 Å². The van der Waals surface area contributed by atoms with E-state index in [1.54, 1.807) is 0 Å². The third kappa shape index (κ3) is 3.91. The molecule has 66 valence electrons. The fourth-order valence-corrected chi connectivity index (χ4v) is 2.79. The molecule has 2 heteroatoms. The number of hydrogen-bond acceptors (Lipinski definition) is 1. The van der Waals surface area contributed by atoms with E-state index in [9.17, 15) is 0 Å². The number of rotatable bonds is 5. The predicted octanol–water partition coefficient (Wildman–Crippen LogP) is 1.04. The summed E-state index contributed by atoms with van der Waals surface area (Å²) in [6.45, 7) is 1.15. The van der Waals surface area contributed by atoms with Gasteiger partial charge in [-0.25, -0.2) is 0 Å². The van der Waals surface area contributed by atoms with Gasteiger partial charge in [0.2, 0.25) is 0 Å². The molecule has 0 aromatic heterocycles. The number of nitrogens with one attached hydrogen (secondary N) is 1. The van der Waals surface area contributed by atoms with E-state index < -0.39 is 0 Å². The molecule has 0 saturated carbocycles. The molecule has 0 saturated heterocycles. The van der Waals surface area contributed by atoms with Crippen molar-refractivity contribution < 1.29 is 0 Å². The van der Waals surface area contributed by atoms with Gasteiger partial charge >= 0.3 is 80.4 Å². The average Bonchev–Trinajstić information content (AvgIpc) is 2.14. The summed E-state index contributed by atoms with van der Waals surface area (Å²) < 4.78 is 1.51. The molecular weight excluding hydrogens is 213 g/mol. The van der Waals surface area contributed by atoms with Gasteiger partial charge in [0.05, 0.1) is 0 Å². The molecule has 1 aromatic carbocycles. The van der Waals surface area contributed by atoms with E-state index in [4.69, 9.17) is 0 Å². The molecule has 1 N–H and O–H groups in total. The fourth-order valence-electron chi connectivity index (χ4n) is 0.956. The second-order valence-corrected chi connectivity index (χ2v) is 5.07. The molecule has 0 aliphatic carbocycles. The molecule has 0 fully saturated rings. The van der Waals surface area contributed by atoms with Gasteiger partial charge in [-0.15, -0.1) is 0 Å². The van der Waals surface area contributed by atoms with Gasteiger partial charge in [-0.3, -0.25) is 0 Å². The van der Waals surface area contributed by atoms with Crippen molar-refractivity contribution in [2.24, 2.45) is 0 Å². The summed E-state index contributed by atoms with van der Waals surface area (Å²) in [5, 5.41) is 4.51. The minimum atomic E-state index is 0.679. The van der Waals surface area contributed by atoms with Crippen molar-refractivity contribution in [3.05, 3.63) is 30.3 Å². The zero-order valence-electron chi connectivity index (χ0n) is 7.42. The Bertz CT molecular complexity index is 198. The Kier molecular flexibility index (Phi) is 5.09. The third-order valence-corrected chi connectivity index (χ3v) is 3.89. The topological polar surface area (TPSA) is 12.0 Å². The van der Waals surface area contributed by atoms with Crippen LogP contribution < -0.4 is 9.78 Å². The summed E-state index contributed by atoms with van der Waals surface area (Å²) in [6.07, 6.45) is 1.30. The maximum atomic E-state index is 3.16. The van der Waals surface area contributed by atoms with Crippen molar-refractivity contribution in [3.63, 3.8) is 0 Å². The van der Waals surface area contributed by atoms with E-state index >= 15 is 0 Å². The monoisotopic (exact) mass is 229 g/mol. The average molecular weight is 228 g/mol. The third-order valence-electron chi connectivity index (χ3n) is 1.58. The normalized spacial score (nSPS) is 10.1. The van der Waals surface area contributed by atoms with Crippen molar-refractivity contribution in [3.8, 4) is 0 Å². The zero-order chi connectivity index (χ0) is 8.65. The van der Waals surface area contributed by atoms with E-state index in [0.29, 0.717) is 15.0 Å². The Hall–Kier alpha value is -0.301. The van der Waals surface area contributed by atoms with Crippen molar-refractivity contribution in [1.29, 1.82) is 0 Å². The van der Waals surface area contributed by atoms with Crippen LogP contribution in [0.3, 0.4) is 0 Å². The molecule has 0 spiro atoms. The summed E-state index contributed by atoms with van der Waals surface area (Å²) in [5.74, 6) is 0. The van der Waals surface area contributed by atoms with Crippen molar-refractivity contribution in [2.75, 3.05) is 13.6 Å². The van der Waals surface area contributed by atoms with Gasteiger partial charge in [-0.1, -0.05) is 0 Å². The van der Waals surface area contributed by atoms with Crippen molar-refractivity contribution >= 4 is 19.4 Å². The maximum absolute atomic E-state index is 3.16. The van der Waals surface area contributed by atoms with Gasteiger partial charge in [0.1, 0.15) is 0 Å². The molecule has 0 aliphatic rings. The van der Waals surface area contributed by atoms with Gasteiger partial charge in [0.25, 0.3) is 0 Å². The first kappa shape index (κ1) is 9.78. The summed E-state index contributed by atoms with van der Waals surface area (Å²) in [7, 11) is 2.01. The van der Waals surface area contributed by atoms with Crippen LogP contribution >= 0.6 is 0 Å². The molecule has 0 aliphatic heterocycles. The second kappa shape index (κ2) is 6.24. The summed E-state index contributed by atoms with van der Waals surface area (Å²) in [4.78, 5) is 0. The van der Waals surface area contributed by atoms with Crippen LogP contribution in [0, 0.1) is 0 Å². The molecule has 0 unspecified atom stereocenters. The Balaban J connectivity index is 2.16. The van der Waals surface area contributed by atoms with E-state index in [1.807, 2.05) is 7.05 Å². The van der Waals surface area contributed by atoms with Crippen LogP contribution in [-0.4, -0.2) is 28.5 Å². The van der Waals surface area contributed by atoms with Crippen LogP contribution in [0.4, 0.5) is 0 Å². The van der Waals surface area contributed by atoms with Crippen LogP contribution in [0.1, 0.15) is 6.42 Å². The van der Waals surface area contributed by atoms with Gasteiger partial charge in [-0.2, -0.15) is 0 Å². The van der Waals surface area contributed by atoms with Crippen LogP contribution in [0.25, 0.3) is 0 Å². The van der Waals surface area contributed by atoms with Gasteiger partial charge in [0.15, 0.2) is 0 Å². The van der Waals surface area contributed by atoms with Gasteiger partial charge < -0.3 is 0 Å². The SMILES string of the molecule is CNCCC[Se]c1ccccc1. The van der Waals surface area contributed by atoms with E-state index in [2.05, 4.69) is 35.6 Å². The van der Waals surface area contributed by atoms with Crippen LogP contribution in [0.2, 0.25) is 5.32 Å². The minimum absolute atomic E-state index is 0.679. The molecular formula is C10H15NSe. The standard InChI is InChI=1S/C10H15NSe/c1-11-8-5-9-12-10-6-3-2-4-7-10/h2-4,6-7,11H,5,8-9H2,1H3. The van der Waals surface area contributed by atoms with Crippen LogP contribution in [0.15, 0.2) is 30.3 Å². The Morgan fingerprint density at radius 2 is 2.00 bits per heavy atom. The summed E-state index contributed by atoms with van der Waals surface area (Å²) in [5.41, 5.74) is 0. The molecule has 0 bridgehead atoms. The number of benzene rings is 1. The molecule has 0 radical (unpaired) electrons.